The van der Waals surface area contributed by atoms with Gasteiger partial charge in [0, 0.05) is 70.9 Å². The molecule has 14 aromatic carbocycles. The number of thiophene rings is 1. The van der Waals surface area contributed by atoms with E-state index < -0.39 is 0 Å². The molecule has 0 aliphatic carbocycles. The van der Waals surface area contributed by atoms with Crippen LogP contribution in [0.25, 0.3) is 97.0 Å². The Kier molecular flexibility index (Phi) is 12.5. The van der Waals surface area contributed by atoms with Gasteiger partial charge in [0.15, 0.2) is 5.58 Å². The molecule has 0 bridgehead atoms. The topological polar surface area (TPSA) is 19.6 Å². The van der Waals surface area contributed by atoms with Gasteiger partial charge in [-0.15, -0.1) is 11.3 Å². The van der Waals surface area contributed by atoms with Gasteiger partial charge >= 0.3 is 0 Å². The molecule has 0 saturated heterocycles. The molecule has 0 radical (unpaired) electrons. The molecule has 0 aliphatic heterocycles. The zero-order valence-corrected chi connectivity index (χ0v) is 47.2. The van der Waals surface area contributed by atoms with Crippen LogP contribution in [0, 0.1) is 0 Å². The Balaban J connectivity index is 0.856. The number of fused-ring (bicyclic) bond motifs is 8. The fourth-order valence-electron chi connectivity index (χ4n) is 12.9. The van der Waals surface area contributed by atoms with Crippen LogP contribution >= 0.6 is 11.3 Å². The third-order valence-electron chi connectivity index (χ3n) is 16.9. The second-order valence-electron chi connectivity index (χ2n) is 22.0. The van der Waals surface area contributed by atoms with Gasteiger partial charge in [-0.25, -0.2) is 0 Å². The number of benzene rings is 14. The third-order valence-corrected chi connectivity index (χ3v) is 18.1. The van der Waals surface area contributed by atoms with Crippen molar-refractivity contribution in [2.24, 2.45) is 0 Å². The zero-order chi connectivity index (χ0) is 56.2. The highest BCUT2D eigenvalue weighted by Crippen LogP contribution is 2.49. The van der Waals surface area contributed by atoms with Gasteiger partial charge in [0.2, 0.25) is 0 Å². The van der Waals surface area contributed by atoms with Crippen molar-refractivity contribution >= 4 is 109 Å². The van der Waals surface area contributed by atoms with Gasteiger partial charge in [-0.3, -0.25) is 0 Å². The van der Waals surface area contributed by atoms with Crippen molar-refractivity contribution in [2.75, 3.05) is 9.80 Å². The van der Waals surface area contributed by atoms with E-state index in [1.807, 2.05) is 11.3 Å². The van der Waals surface area contributed by atoms with E-state index in [0.29, 0.717) is 0 Å². The van der Waals surface area contributed by atoms with Crippen LogP contribution in [-0.2, 0) is 0 Å². The van der Waals surface area contributed by atoms with E-state index in [2.05, 4.69) is 331 Å². The SMILES string of the molecule is c1ccc(C(c2ccc3ccc(-c4cccc5ccccc45)cc3c2)c2cccc3c2oc2c(N(c4ccccc4)c4ccccc4)cc(-c4cccc(N(c5ccccc5)c5ccc(-c6ccc7sc8ccccc8c7c6)cc5)c4)cc23)cc1. The van der Waals surface area contributed by atoms with Crippen LogP contribution in [-0.4, -0.2) is 0 Å². The molecule has 4 heteroatoms. The lowest BCUT2D eigenvalue weighted by atomic mass is 9.83. The summed E-state index contributed by atoms with van der Waals surface area (Å²) in [5.74, 6) is -0.141. The zero-order valence-electron chi connectivity index (χ0n) is 46.4. The average molecular weight is 1100 g/mol. The van der Waals surface area contributed by atoms with Crippen molar-refractivity contribution in [2.45, 2.75) is 5.92 Å². The minimum Gasteiger partial charge on any atom is -0.454 e. The van der Waals surface area contributed by atoms with Crippen LogP contribution in [0.1, 0.15) is 22.6 Å². The predicted octanol–water partition coefficient (Wildman–Crippen LogP) is 23.4. The largest absolute Gasteiger partial charge is 0.454 e. The summed E-state index contributed by atoms with van der Waals surface area (Å²) in [6.45, 7) is 0. The number of para-hydroxylation sites is 4. The third kappa shape index (κ3) is 9.08. The summed E-state index contributed by atoms with van der Waals surface area (Å²) in [6.07, 6.45) is 0. The molecule has 1 unspecified atom stereocenters. The number of anilines is 6. The Bertz CT molecular complexity index is 5090. The maximum atomic E-state index is 7.56. The fourth-order valence-corrected chi connectivity index (χ4v) is 14.0. The second kappa shape index (κ2) is 21.2. The van der Waals surface area contributed by atoms with E-state index in [4.69, 9.17) is 4.42 Å². The first kappa shape index (κ1) is 50.0. The number of furan rings is 1. The van der Waals surface area contributed by atoms with E-state index in [-0.39, 0.29) is 5.92 Å². The molecule has 0 N–H and O–H groups in total. The second-order valence-corrected chi connectivity index (χ2v) is 23.1. The Hall–Kier alpha value is -10.8. The Morgan fingerprint density at radius 2 is 0.835 bits per heavy atom. The molecule has 0 aliphatic rings. The molecular weight excluding hydrogens is 1050 g/mol. The van der Waals surface area contributed by atoms with E-state index in [0.717, 1.165) is 72.8 Å². The van der Waals surface area contributed by atoms with Gasteiger partial charge < -0.3 is 14.2 Å². The summed E-state index contributed by atoms with van der Waals surface area (Å²) in [7, 11) is 0. The summed E-state index contributed by atoms with van der Waals surface area (Å²) < 4.78 is 10.2. The highest BCUT2D eigenvalue weighted by molar-refractivity contribution is 7.25. The predicted molar refractivity (Wildman–Crippen MR) is 361 cm³/mol. The summed E-state index contributed by atoms with van der Waals surface area (Å²) in [4.78, 5) is 4.71. The lowest BCUT2D eigenvalue weighted by Crippen LogP contribution is -2.10. The molecule has 0 fully saturated rings. The summed E-state index contributed by atoms with van der Waals surface area (Å²) >= 11 is 1.85. The average Bonchev–Trinajstić information content (AvgIpc) is 2.55. The van der Waals surface area contributed by atoms with Gasteiger partial charge in [-0.1, -0.05) is 224 Å². The molecule has 3 nitrogen and oxygen atoms in total. The first-order valence-corrected chi connectivity index (χ1v) is 29.9. The van der Waals surface area contributed by atoms with E-state index >= 15 is 0 Å². The number of hydrogen-bond donors (Lipinski definition) is 0. The van der Waals surface area contributed by atoms with Crippen molar-refractivity contribution in [1.82, 2.24) is 0 Å². The standard InChI is InChI=1S/C81H54N2OS/c1-5-21-57(22-6-1)79(61-41-39-55-38-40-60(48-62(55)49-61)70-34-18-23-56-20-13-14-32-69(56)70)73-36-19-35-72-75-52-63(53-76(81(75)84-80(72)73)83(65-27-9-3-10-28-65)66-29-11-4-12-30-66)58-24-17-31-68(50-58)82(64-25-7-2-8-26-64)67-45-42-54(43-46-67)59-44-47-78-74(51-59)71-33-15-16-37-77(71)85-78/h1-53,79H. The van der Waals surface area contributed by atoms with Crippen LogP contribution in [0.5, 0.6) is 0 Å². The van der Waals surface area contributed by atoms with Crippen molar-refractivity contribution in [1.29, 1.82) is 0 Å². The number of nitrogens with zero attached hydrogens (tertiary/aromatic N) is 2. The smallest absolute Gasteiger partial charge is 0.159 e. The van der Waals surface area contributed by atoms with Gasteiger partial charge in [0.25, 0.3) is 0 Å². The van der Waals surface area contributed by atoms with Crippen molar-refractivity contribution in [3.05, 3.63) is 338 Å². The van der Waals surface area contributed by atoms with Crippen LogP contribution in [0.4, 0.5) is 34.1 Å². The maximum Gasteiger partial charge on any atom is 0.159 e. The molecule has 0 spiro atoms. The minimum atomic E-state index is -0.141. The van der Waals surface area contributed by atoms with Gasteiger partial charge in [0.05, 0.1) is 5.69 Å². The first-order chi connectivity index (χ1) is 42.1. The molecular formula is C81H54N2OS. The number of rotatable bonds is 12. The van der Waals surface area contributed by atoms with Crippen molar-refractivity contribution in [3.63, 3.8) is 0 Å². The molecule has 2 heterocycles. The van der Waals surface area contributed by atoms with Gasteiger partial charge in [-0.05, 0) is 163 Å². The normalized spacial score (nSPS) is 12.0. The Morgan fingerprint density at radius 1 is 0.271 bits per heavy atom. The van der Waals surface area contributed by atoms with E-state index in [9.17, 15) is 0 Å². The Labute approximate surface area is 497 Å². The summed E-state index contributed by atoms with van der Waals surface area (Å²) in [5.41, 5.74) is 18.4. The molecule has 16 aromatic rings. The summed E-state index contributed by atoms with van der Waals surface area (Å²) in [5, 5.41) is 9.59. The van der Waals surface area contributed by atoms with Gasteiger partial charge in [0.1, 0.15) is 5.58 Å². The molecule has 1 atom stereocenters. The van der Waals surface area contributed by atoms with Crippen LogP contribution in [0.2, 0.25) is 0 Å². The lowest BCUT2D eigenvalue weighted by molar-refractivity contribution is 0.661. The monoisotopic (exact) mass is 1100 g/mol. The molecule has 85 heavy (non-hydrogen) atoms. The first-order valence-electron chi connectivity index (χ1n) is 29.1. The molecule has 16 rings (SSSR count). The summed E-state index contributed by atoms with van der Waals surface area (Å²) in [6, 6.07) is 117. The van der Waals surface area contributed by atoms with Crippen molar-refractivity contribution in [3.8, 4) is 33.4 Å². The Morgan fingerprint density at radius 3 is 1.61 bits per heavy atom. The minimum absolute atomic E-state index is 0.141. The van der Waals surface area contributed by atoms with Gasteiger partial charge in [-0.2, -0.15) is 0 Å². The fraction of sp³-hybridized carbons (Fsp3) is 0.0123. The quantitative estimate of drug-likeness (QED) is 0.114. The lowest BCUT2D eigenvalue weighted by Gasteiger charge is -2.27. The molecule has 0 amide bonds. The molecule has 0 saturated carbocycles. The molecule has 400 valence electrons. The number of hydrogen-bond acceptors (Lipinski definition) is 4. The van der Waals surface area contributed by atoms with Crippen LogP contribution < -0.4 is 9.80 Å². The highest BCUT2D eigenvalue weighted by atomic mass is 32.1. The van der Waals surface area contributed by atoms with E-state index in [1.54, 1.807) is 0 Å². The molecule has 2 aromatic heterocycles. The van der Waals surface area contributed by atoms with Crippen LogP contribution in [0.15, 0.2) is 326 Å². The van der Waals surface area contributed by atoms with Crippen LogP contribution in [0.3, 0.4) is 0 Å². The maximum absolute atomic E-state index is 7.56. The van der Waals surface area contributed by atoms with Crippen molar-refractivity contribution < 1.29 is 4.42 Å². The van der Waals surface area contributed by atoms with E-state index in [1.165, 1.54) is 75.1 Å². The highest BCUT2D eigenvalue weighted by Gasteiger charge is 2.27.